The predicted molar refractivity (Wildman–Crippen MR) is 86.7 cm³/mol. The summed E-state index contributed by atoms with van der Waals surface area (Å²) in [5.74, 6) is 0.297. The van der Waals surface area contributed by atoms with Crippen molar-refractivity contribution in [2.75, 3.05) is 0 Å². The molecule has 2 aromatic rings. The Balaban J connectivity index is 2.02. The van der Waals surface area contributed by atoms with Gasteiger partial charge in [-0.3, -0.25) is 4.79 Å². The molecule has 0 fully saturated rings. The summed E-state index contributed by atoms with van der Waals surface area (Å²) in [5.41, 5.74) is 3.42. The van der Waals surface area contributed by atoms with E-state index in [1.54, 1.807) is 11.3 Å². The lowest BCUT2D eigenvalue weighted by atomic mass is 9.76. The quantitative estimate of drug-likeness (QED) is 0.759. The van der Waals surface area contributed by atoms with Crippen molar-refractivity contribution in [2.24, 2.45) is 5.41 Å². The van der Waals surface area contributed by atoms with Gasteiger partial charge < -0.3 is 4.57 Å². The Labute approximate surface area is 131 Å². The largest absolute Gasteiger partial charge is 0.343 e. The highest BCUT2D eigenvalue weighted by Crippen LogP contribution is 2.37. The molecule has 0 aromatic carbocycles. The lowest BCUT2D eigenvalue weighted by molar-refractivity contribution is 0.0910. The summed E-state index contributed by atoms with van der Waals surface area (Å²) >= 11 is 5.27. The minimum atomic E-state index is 0.0721. The van der Waals surface area contributed by atoms with E-state index in [1.165, 1.54) is 16.3 Å². The molecular weight excluding hydrogens is 334 g/mol. The number of ketones is 1. The number of carbonyl (C=O) groups is 1. The van der Waals surface area contributed by atoms with Crippen LogP contribution in [0.5, 0.6) is 0 Å². The van der Waals surface area contributed by atoms with E-state index in [2.05, 4.69) is 59.5 Å². The molecule has 0 saturated carbocycles. The third kappa shape index (κ3) is 2.51. The number of rotatable bonds is 2. The van der Waals surface area contributed by atoms with Crippen LogP contribution in [0, 0.1) is 12.3 Å². The Hall–Kier alpha value is -0.870. The molecule has 0 saturated heterocycles. The summed E-state index contributed by atoms with van der Waals surface area (Å²) in [6, 6.07) is 6.30. The van der Waals surface area contributed by atoms with Gasteiger partial charge in [0.1, 0.15) is 0 Å². The molecule has 0 unspecified atom stereocenters. The second-order valence-corrected chi connectivity index (χ2v) is 8.93. The molecule has 2 heterocycles. The van der Waals surface area contributed by atoms with E-state index in [0.717, 1.165) is 22.3 Å². The minimum absolute atomic E-state index is 0.0721. The van der Waals surface area contributed by atoms with Gasteiger partial charge in [0.05, 0.1) is 10.3 Å². The van der Waals surface area contributed by atoms with E-state index in [-0.39, 0.29) is 5.41 Å². The summed E-state index contributed by atoms with van der Waals surface area (Å²) in [6.07, 6.45) is 1.64. The fraction of sp³-hybridized carbons (Fsp3) is 0.438. The molecule has 0 amide bonds. The molecule has 20 heavy (non-hydrogen) atoms. The van der Waals surface area contributed by atoms with Crippen molar-refractivity contribution in [3.05, 3.63) is 43.8 Å². The van der Waals surface area contributed by atoms with Crippen molar-refractivity contribution in [3.8, 4) is 0 Å². The zero-order valence-corrected chi connectivity index (χ0v) is 14.4. The highest BCUT2D eigenvalue weighted by atomic mass is 79.9. The first-order valence-electron chi connectivity index (χ1n) is 6.82. The SMILES string of the molecule is Cc1cc2c(n1Cc1ccc(Br)s1)CC(C)(C)CC2=O. The average molecular weight is 352 g/mol. The van der Waals surface area contributed by atoms with Crippen LogP contribution in [-0.2, 0) is 13.0 Å². The van der Waals surface area contributed by atoms with Crippen LogP contribution in [0.4, 0.5) is 0 Å². The van der Waals surface area contributed by atoms with Gasteiger partial charge in [-0.25, -0.2) is 0 Å². The van der Waals surface area contributed by atoms with Crippen molar-refractivity contribution in [1.82, 2.24) is 4.57 Å². The lowest BCUT2D eigenvalue weighted by Gasteiger charge is -2.29. The van der Waals surface area contributed by atoms with Crippen LogP contribution in [0.3, 0.4) is 0 Å². The van der Waals surface area contributed by atoms with Gasteiger partial charge in [0, 0.05) is 28.2 Å². The first kappa shape index (κ1) is 14.1. The van der Waals surface area contributed by atoms with E-state index in [0.29, 0.717) is 12.2 Å². The minimum Gasteiger partial charge on any atom is -0.343 e. The molecule has 0 N–H and O–H groups in total. The average Bonchev–Trinajstić information content (AvgIpc) is 2.86. The van der Waals surface area contributed by atoms with E-state index >= 15 is 0 Å². The number of fused-ring (bicyclic) bond motifs is 1. The topological polar surface area (TPSA) is 22.0 Å². The summed E-state index contributed by atoms with van der Waals surface area (Å²) in [7, 11) is 0. The molecule has 1 aliphatic rings. The number of thiophene rings is 1. The first-order valence-corrected chi connectivity index (χ1v) is 8.43. The molecule has 4 heteroatoms. The zero-order valence-electron chi connectivity index (χ0n) is 12.0. The maximum atomic E-state index is 12.3. The first-order chi connectivity index (χ1) is 9.35. The Bertz CT molecular complexity index is 681. The summed E-state index contributed by atoms with van der Waals surface area (Å²) in [6.45, 7) is 7.33. The van der Waals surface area contributed by atoms with E-state index in [4.69, 9.17) is 0 Å². The van der Waals surface area contributed by atoms with Crippen molar-refractivity contribution < 1.29 is 4.79 Å². The molecule has 3 rings (SSSR count). The van der Waals surface area contributed by atoms with Crippen molar-refractivity contribution >= 4 is 33.0 Å². The summed E-state index contributed by atoms with van der Waals surface area (Å²) in [5, 5.41) is 0. The predicted octanol–water partition coefficient (Wildman–Crippen LogP) is 4.82. The Morgan fingerprint density at radius 1 is 1.35 bits per heavy atom. The number of halogens is 1. The molecule has 2 aromatic heterocycles. The molecule has 1 aliphatic carbocycles. The maximum Gasteiger partial charge on any atom is 0.165 e. The number of aromatic nitrogens is 1. The van der Waals surface area contributed by atoms with Gasteiger partial charge in [0.2, 0.25) is 0 Å². The molecule has 0 radical (unpaired) electrons. The van der Waals surface area contributed by atoms with Crippen molar-refractivity contribution in [1.29, 1.82) is 0 Å². The molecule has 106 valence electrons. The van der Waals surface area contributed by atoms with Gasteiger partial charge in [-0.05, 0) is 52.9 Å². The normalized spacial score (nSPS) is 17.3. The zero-order chi connectivity index (χ0) is 14.5. The van der Waals surface area contributed by atoms with E-state index < -0.39 is 0 Å². The van der Waals surface area contributed by atoms with Crippen LogP contribution in [0.1, 0.15) is 46.9 Å². The van der Waals surface area contributed by atoms with Gasteiger partial charge in [-0.1, -0.05) is 13.8 Å². The third-order valence-electron chi connectivity index (χ3n) is 3.94. The van der Waals surface area contributed by atoms with Gasteiger partial charge in [0.25, 0.3) is 0 Å². The van der Waals surface area contributed by atoms with Crippen LogP contribution in [0.15, 0.2) is 22.0 Å². The smallest absolute Gasteiger partial charge is 0.165 e. The molecular formula is C16H18BrNOS. The van der Waals surface area contributed by atoms with Crippen LogP contribution in [0.25, 0.3) is 0 Å². The van der Waals surface area contributed by atoms with Crippen LogP contribution >= 0.6 is 27.3 Å². The van der Waals surface area contributed by atoms with E-state index in [1.807, 2.05) is 0 Å². The Morgan fingerprint density at radius 3 is 2.75 bits per heavy atom. The van der Waals surface area contributed by atoms with Gasteiger partial charge in [-0.2, -0.15) is 0 Å². The number of Topliss-reactive ketones (excluding diaryl/α,β-unsaturated/α-hetero) is 1. The molecule has 0 aliphatic heterocycles. The van der Waals surface area contributed by atoms with E-state index in [9.17, 15) is 4.79 Å². The lowest BCUT2D eigenvalue weighted by Crippen LogP contribution is -2.28. The van der Waals surface area contributed by atoms with Crippen molar-refractivity contribution in [3.63, 3.8) is 0 Å². The molecule has 0 atom stereocenters. The monoisotopic (exact) mass is 351 g/mol. The highest BCUT2D eigenvalue weighted by molar-refractivity contribution is 9.11. The number of hydrogen-bond donors (Lipinski definition) is 0. The highest BCUT2D eigenvalue weighted by Gasteiger charge is 2.33. The fourth-order valence-corrected chi connectivity index (χ4v) is 4.49. The number of aryl methyl sites for hydroxylation is 1. The van der Waals surface area contributed by atoms with Gasteiger partial charge >= 0.3 is 0 Å². The van der Waals surface area contributed by atoms with Crippen LogP contribution < -0.4 is 0 Å². The second kappa shape index (κ2) is 4.85. The van der Waals surface area contributed by atoms with Gasteiger partial charge in [-0.15, -0.1) is 11.3 Å². The second-order valence-electron chi connectivity index (χ2n) is 6.38. The number of carbonyl (C=O) groups excluding carboxylic acids is 1. The molecule has 2 nitrogen and oxygen atoms in total. The van der Waals surface area contributed by atoms with Gasteiger partial charge in [0.15, 0.2) is 5.78 Å². The summed E-state index contributed by atoms with van der Waals surface area (Å²) in [4.78, 5) is 13.6. The molecule has 0 bridgehead atoms. The van der Waals surface area contributed by atoms with Crippen LogP contribution in [-0.4, -0.2) is 10.4 Å². The summed E-state index contributed by atoms with van der Waals surface area (Å²) < 4.78 is 3.47. The number of hydrogen-bond acceptors (Lipinski definition) is 2. The van der Waals surface area contributed by atoms with Crippen molar-refractivity contribution in [2.45, 2.75) is 40.2 Å². The number of nitrogens with zero attached hydrogens (tertiary/aromatic N) is 1. The standard InChI is InChI=1S/C16H18BrNOS/c1-10-6-12-13(7-16(2,3)8-14(12)19)18(10)9-11-4-5-15(17)20-11/h4-6H,7-9H2,1-3H3. The third-order valence-corrected chi connectivity index (χ3v) is 5.55. The molecule has 0 spiro atoms. The maximum absolute atomic E-state index is 12.3. The van der Waals surface area contributed by atoms with Crippen LogP contribution in [0.2, 0.25) is 0 Å². The Kier molecular flexibility index (Phi) is 3.41. The fourth-order valence-electron chi connectivity index (χ4n) is 3.02. The Morgan fingerprint density at radius 2 is 2.10 bits per heavy atom.